The van der Waals surface area contributed by atoms with Gasteiger partial charge in [-0.25, -0.2) is 0 Å². The standard InChI is InChI=1S/C20H23N3O/c24-20(16-23-13-10-22(11-14-23)12-15-23)21-19-9-5-4-8-18(19)17-6-2-1-3-7-17/h1-9H,10-16H2/p+1. The van der Waals surface area contributed by atoms with Crippen molar-refractivity contribution in [1.82, 2.24) is 4.90 Å². The van der Waals surface area contributed by atoms with Gasteiger partial charge in [0.2, 0.25) is 0 Å². The summed E-state index contributed by atoms with van der Waals surface area (Å²) in [6.07, 6.45) is 0. The minimum Gasteiger partial charge on any atom is -0.321 e. The number of amides is 1. The lowest BCUT2D eigenvalue weighted by Crippen LogP contribution is -2.68. The maximum absolute atomic E-state index is 12.7. The number of quaternary nitrogens is 1. The fourth-order valence-corrected chi connectivity index (χ4v) is 3.92. The summed E-state index contributed by atoms with van der Waals surface area (Å²) in [5.74, 6) is 0.133. The first-order valence-corrected chi connectivity index (χ1v) is 8.76. The maximum Gasteiger partial charge on any atom is 0.279 e. The Morgan fingerprint density at radius 1 is 0.917 bits per heavy atom. The molecule has 2 aromatic carbocycles. The number of carbonyl (C=O) groups is 1. The van der Waals surface area contributed by atoms with Gasteiger partial charge in [0, 0.05) is 30.9 Å². The second-order valence-electron chi connectivity index (χ2n) is 6.97. The molecule has 0 spiro atoms. The molecule has 0 unspecified atom stereocenters. The highest BCUT2D eigenvalue weighted by Gasteiger charge is 2.39. The van der Waals surface area contributed by atoms with Gasteiger partial charge in [-0.1, -0.05) is 48.5 Å². The SMILES string of the molecule is O=C(C[N+]12CCN(CC1)CC2)Nc1ccccc1-c1ccccc1. The van der Waals surface area contributed by atoms with Crippen LogP contribution in [0.2, 0.25) is 0 Å². The molecule has 3 aliphatic rings. The summed E-state index contributed by atoms with van der Waals surface area (Å²) in [5, 5.41) is 3.16. The van der Waals surface area contributed by atoms with Crippen LogP contribution in [0.4, 0.5) is 5.69 Å². The minimum atomic E-state index is 0.133. The van der Waals surface area contributed by atoms with E-state index in [1.807, 2.05) is 36.4 Å². The van der Waals surface area contributed by atoms with Crippen molar-refractivity contribution in [3.8, 4) is 11.1 Å². The van der Waals surface area contributed by atoms with Crippen LogP contribution in [0.5, 0.6) is 0 Å². The quantitative estimate of drug-likeness (QED) is 0.877. The summed E-state index contributed by atoms with van der Waals surface area (Å²) in [7, 11) is 0. The molecule has 4 nitrogen and oxygen atoms in total. The van der Waals surface area contributed by atoms with Crippen LogP contribution in [0.15, 0.2) is 54.6 Å². The third kappa shape index (κ3) is 3.07. The van der Waals surface area contributed by atoms with Gasteiger partial charge in [0.1, 0.15) is 0 Å². The Kier molecular flexibility index (Phi) is 4.08. The molecule has 3 aliphatic heterocycles. The third-order valence-electron chi connectivity index (χ3n) is 5.44. The van der Waals surface area contributed by atoms with Gasteiger partial charge < -0.3 is 9.80 Å². The summed E-state index contributed by atoms with van der Waals surface area (Å²) in [6, 6.07) is 18.3. The van der Waals surface area contributed by atoms with Crippen molar-refractivity contribution in [3.63, 3.8) is 0 Å². The van der Waals surface area contributed by atoms with E-state index in [-0.39, 0.29) is 5.91 Å². The highest BCUT2D eigenvalue weighted by atomic mass is 16.2. The number of para-hydroxylation sites is 1. The lowest BCUT2D eigenvalue weighted by Gasteiger charge is -2.50. The molecule has 0 atom stereocenters. The number of piperazine rings is 3. The van der Waals surface area contributed by atoms with Crippen LogP contribution in [0, 0.1) is 0 Å². The number of carbonyl (C=O) groups excluding carboxylic acids is 1. The van der Waals surface area contributed by atoms with Gasteiger partial charge in [-0.3, -0.25) is 9.69 Å². The van der Waals surface area contributed by atoms with E-state index < -0.39 is 0 Å². The molecule has 0 saturated carbocycles. The van der Waals surface area contributed by atoms with Crippen molar-refractivity contribution in [3.05, 3.63) is 54.6 Å². The Hall–Kier alpha value is -2.17. The predicted octanol–water partition coefficient (Wildman–Crippen LogP) is 2.44. The zero-order chi connectivity index (χ0) is 16.4. The topological polar surface area (TPSA) is 32.3 Å². The van der Waals surface area contributed by atoms with Crippen molar-refractivity contribution in [2.75, 3.05) is 51.1 Å². The fraction of sp³-hybridized carbons (Fsp3) is 0.350. The zero-order valence-corrected chi connectivity index (χ0v) is 13.9. The predicted molar refractivity (Wildman–Crippen MR) is 96.7 cm³/mol. The smallest absolute Gasteiger partial charge is 0.279 e. The Morgan fingerprint density at radius 2 is 1.54 bits per heavy atom. The Bertz CT molecular complexity index is 707. The molecule has 124 valence electrons. The lowest BCUT2D eigenvalue weighted by atomic mass is 10.0. The number of anilines is 1. The second kappa shape index (κ2) is 6.38. The number of benzene rings is 2. The van der Waals surface area contributed by atoms with Crippen LogP contribution in [0.25, 0.3) is 11.1 Å². The molecule has 3 saturated heterocycles. The Labute approximate surface area is 143 Å². The molecule has 1 N–H and O–H groups in total. The van der Waals surface area contributed by atoms with Gasteiger partial charge in [-0.05, 0) is 11.6 Å². The van der Waals surface area contributed by atoms with Crippen LogP contribution >= 0.6 is 0 Å². The molecule has 1 amide bonds. The van der Waals surface area contributed by atoms with Gasteiger partial charge in [0.05, 0.1) is 19.6 Å². The molecule has 4 heteroatoms. The van der Waals surface area contributed by atoms with Crippen LogP contribution in [-0.4, -0.2) is 61.1 Å². The summed E-state index contributed by atoms with van der Waals surface area (Å²) in [4.78, 5) is 15.2. The average Bonchev–Trinajstić information content (AvgIpc) is 2.64. The summed E-state index contributed by atoms with van der Waals surface area (Å²) < 4.78 is 0.954. The summed E-state index contributed by atoms with van der Waals surface area (Å²) in [6.45, 7) is 7.31. The molecule has 2 bridgehead atoms. The number of nitrogens with one attached hydrogen (secondary N) is 1. The highest BCUT2D eigenvalue weighted by Crippen LogP contribution is 2.28. The lowest BCUT2D eigenvalue weighted by molar-refractivity contribution is -0.933. The van der Waals surface area contributed by atoms with E-state index in [9.17, 15) is 4.79 Å². The second-order valence-corrected chi connectivity index (χ2v) is 6.97. The largest absolute Gasteiger partial charge is 0.321 e. The van der Waals surface area contributed by atoms with Gasteiger partial charge in [-0.2, -0.15) is 0 Å². The average molecular weight is 322 g/mol. The van der Waals surface area contributed by atoms with E-state index in [2.05, 4.69) is 28.4 Å². The third-order valence-corrected chi connectivity index (χ3v) is 5.44. The van der Waals surface area contributed by atoms with E-state index in [1.54, 1.807) is 0 Å². The van der Waals surface area contributed by atoms with Crippen molar-refractivity contribution in [1.29, 1.82) is 0 Å². The Balaban J connectivity index is 1.50. The maximum atomic E-state index is 12.7. The number of rotatable bonds is 4. The van der Waals surface area contributed by atoms with Gasteiger partial charge >= 0.3 is 0 Å². The van der Waals surface area contributed by atoms with E-state index in [4.69, 9.17) is 0 Å². The molecule has 24 heavy (non-hydrogen) atoms. The zero-order valence-electron chi connectivity index (χ0n) is 13.9. The van der Waals surface area contributed by atoms with Crippen LogP contribution in [0.3, 0.4) is 0 Å². The van der Waals surface area contributed by atoms with E-state index in [0.717, 1.165) is 60.6 Å². The van der Waals surface area contributed by atoms with Crippen molar-refractivity contribution in [2.45, 2.75) is 0 Å². The van der Waals surface area contributed by atoms with Gasteiger partial charge in [0.25, 0.3) is 5.91 Å². The Morgan fingerprint density at radius 3 is 2.25 bits per heavy atom. The highest BCUT2D eigenvalue weighted by molar-refractivity contribution is 5.96. The van der Waals surface area contributed by atoms with Crippen LogP contribution < -0.4 is 5.32 Å². The fourth-order valence-electron chi connectivity index (χ4n) is 3.92. The van der Waals surface area contributed by atoms with E-state index in [0.29, 0.717) is 6.54 Å². The number of hydrogen-bond acceptors (Lipinski definition) is 2. The summed E-state index contributed by atoms with van der Waals surface area (Å²) in [5.41, 5.74) is 3.12. The van der Waals surface area contributed by atoms with E-state index in [1.165, 1.54) is 0 Å². The molecule has 3 fully saturated rings. The minimum absolute atomic E-state index is 0.133. The molecular weight excluding hydrogens is 298 g/mol. The molecule has 5 rings (SSSR count). The molecule has 2 aromatic rings. The first-order valence-electron chi connectivity index (χ1n) is 8.76. The first kappa shape index (κ1) is 15.4. The molecule has 0 aromatic heterocycles. The molecule has 0 radical (unpaired) electrons. The number of fused-ring (bicyclic) bond motifs is 3. The summed E-state index contributed by atoms with van der Waals surface area (Å²) >= 11 is 0. The van der Waals surface area contributed by atoms with Crippen molar-refractivity contribution in [2.24, 2.45) is 0 Å². The van der Waals surface area contributed by atoms with Crippen molar-refractivity contribution < 1.29 is 9.28 Å². The van der Waals surface area contributed by atoms with Crippen LogP contribution in [-0.2, 0) is 4.79 Å². The van der Waals surface area contributed by atoms with Gasteiger partial charge in [-0.15, -0.1) is 0 Å². The molecular formula is C20H24N3O+. The molecule has 3 heterocycles. The van der Waals surface area contributed by atoms with E-state index >= 15 is 0 Å². The van der Waals surface area contributed by atoms with Crippen LogP contribution in [0.1, 0.15) is 0 Å². The number of hydrogen-bond donors (Lipinski definition) is 1. The molecule has 0 aliphatic carbocycles. The van der Waals surface area contributed by atoms with Gasteiger partial charge in [0.15, 0.2) is 6.54 Å². The monoisotopic (exact) mass is 322 g/mol. The normalized spacial score (nSPS) is 25.4. The first-order chi connectivity index (χ1) is 11.7. The van der Waals surface area contributed by atoms with Crippen molar-refractivity contribution >= 4 is 11.6 Å². The number of nitrogens with zero attached hydrogens (tertiary/aromatic N) is 2.